The van der Waals surface area contributed by atoms with Gasteiger partial charge in [-0.1, -0.05) is 41.9 Å². The van der Waals surface area contributed by atoms with Crippen molar-refractivity contribution in [2.24, 2.45) is 0 Å². The molecule has 0 spiro atoms. The molecule has 0 radical (unpaired) electrons. The summed E-state index contributed by atoms with van der Waals surface area (Å²) >= 11 is 13.4. The number of amides is 1. The van der Waals surface area contributed by atoms with Crippen LogP contribution in [0.2, 0.25) is 10.0 Å². The van der Waals surface area contributed by atoms with Gasteiger partial charge < -0.3 is 30.2 Å². The van der Waals surface area contributed by atoms with Crippen molar-refractivity contribution in [2.45, 2.75) is 19.4 Å². The number of ether oxygens (including phenoxy) is 3. The van der Waals surface area contributed by atoms with Crippen LogP contribution in [0.15, 0.2) is 49.2 Å². The molecule has 1 fully saturated rings. The molecule has 10 nitrogen and oxygen atoms in total. The monoisotopic (exact) mass is 594 g/mol. The fraction of sp³-hybridized carbons (Fsp3) is 0.241. The van der Waals surface area contributed by atoms with Gasteiger partial charge in [0.15, 0.2) is 5.82 Å². The Morgan fingerprint density at radius 3 is 2.56 bits per heavy atom. The van der Waals surface area contributed by atoms with Crippen LogP contribution in [0, 0.1) is 6.92 Å². The van der Waals surface area contributed by atoms with Gasteiger partial charge in [-0.05, 0) is 37.1 Å². The molecular formula is C29H28Cl2N6O4. The van der Waals surface area contributed by atoms with Crippen LogP contribution in [0.4, 0.5) is 23.1 Å². The smallest absolute Gasteiger partial charge is 0.247 e. The number of para-hydroxylation sites is 1. The fourth-order valence-electron chi connectivity index (χ4n) is 4.51. The predicted molar refractivity (Wildman–Crippen MR) is 162 cm³/mol. The average Bonchev–Trinajstić information content (AvgIpc) is 3.48. The number of nitrogens with zero attached hydrogens (tertiary/aromatic N) is 3. The lowest BCUT2D eigenvalue weighted by atomic mass is 10.1. The summed E-state index contributed by atoms with van der Waals surface area (Å²) in [5.41, 5.74) is 3.65. The minimum absolute atomic E-state index is 0.0372. The largest absolute Gasteiger partial charge is 0.495 e. The van der Waals surface area contributed by atoms with Crippen LogP contribution in [-0.2, 0) is 9.53 Å². The third kappa shape index (κ3) is 5.85. The number of hydrogen-bond donors (Lipinski definition) is 3. The number of aromatic nitrogens is 3. The van der Waals surface area contributed by atoms with Crippen molar-refractivity contribution in [2.75, 3.05) is 43.4 Å². The summed E-state index contributed by atoms with van der Waals surface area (Å²) in [5, 5.41) is 10.8. The Labute approximate surface area is 247 Å². The summed E-state index contributed by atoms with van der Waals surface area (Å²) in [6, 6.07) is 9.03. The van der Waals surface area contributed by atoms with Gasteiger partial charge in [-0.2, -0.15) is 0 Å². The molecule has 3 N–H and O–H groups in total. The quantitative estimate of drug-likeness (QED) is 0.189. The maximum Gasteiger partial charge on any atom is 0.247 e. The molecule has 2 aromatic heterocycles. The Morgan fingerprint density at radius 1 is 1.15 bits per heavy atom. The van der Waals surface area contributed by atoms with Crippen LogP contribution in [0.5, 0.6) is 11.5 Å². The van der Waals surface area contributed by atoms with Crippen LogP contribution >= 0.6 is 23.2 Å². The molecule has 1 unspecified atom stereocenters. The molecule has 41 heavy (non-hydrogen) atoms. The lowest BCUT2D eigenvalue weighted by molar-refractivity contribution is -0.111. The molecule has 1 saturated heterocycles. The Kier molecular flexibility index (Phi) is 8.44. The first kappa shape index (κ1) is 28.4. The number of nitrogens with one attached hydrogen (secondary N) is 3. The van der Waals surface area contributed by atoms with Crippen LogP contribution in [0.3, 0.4) is 0 Å². The van der Waals surface area contributed by atoms with Crippen LogP contribution < -0.4 is 25.4 Å². The van der Waals surface area contributed by atoms with E-state index in [1.165, 1.54) is 20.3 Å². The minimum atomic E-state index is -0.327. The highest BCUT2D eigenvalue weighted by Gasteiger charge is 2.23. The Bertz CT molecular complexity index is 1610. The molecular weight excluding hydrogens is 567 g/mol. The number of aryl methyl sites for hydroxylation is 1. The van der Waals surface area contributed by atoms with Gasteiger partial charge in [0, 0.05) is 29.8 Å². The molecule has 1 amide bonds. The second-order valence-electron chi connectivity index (χ2n) is 9.29. The van der Waals surface area contributed by atoms with E-state index in [1.807, 2.05) is 25.1 Å². The summed E-state index contributed by atoms with van der Waals surface area (Å²) in [7, 11) is 3.04. The fourth-order valence-corrected chi connectivity index (χ4v) is 5.21. The Balaban J connectivity index is 1.63. The lowest BCUT2D eigenvalue weighted by Crippen LogP contribution is -2.20. The molecule has 5 rings (SSSR count). The summed E-state index contributed by atoms with van der Waals surface area (Å²) in [6.07, 6.45) is 3.71. The zero-order chi connectivity index (χ0) is 29.1. The standard InChI is InChI=1S/C29H28Cl2N6O4/c1-5-22(38)34-18-8-6-7-15(2)26(18)36-29-32-13-16-11-19(23-24(30)20(39-3)12-21(40-4)25(23)31)35-28(27(16)37-29)33-17-9-10-41-14-17/h5-8,11-13,17H,1,9-10,14H2,2-4H3,(H,33,35)(H,34,38)(H,32,36,37). The second kappa shape index (κ2) is 12.2. The summed E-state index contributed by atoms with van der Waals surface area (Å²) in [4.78, 5) is 26.3. The first-order chi connectivity index (χ1) is 19.8. The van der Waals surface area contributed by atoms with Gasteiger partial charge in [-0.25, -0.2) is 15.0 Å². The van der Waals surface area contributed by atoms with Gasteiger partial charge in [0.25, 0.3) is 0 Å². The number of anilines is 4. The summed E-state index contributed by atoms with van der Waals surface area (Å²) in [5.74, 6) is 1.30. The first-order valence-electron chi connectivity index (χ1n) is 12.7. The zero-order valence-electron chi connectivity index (χ0n) is 22.7. The molecule has 1 aliphatic rings. The van der Waals surface area contributed by atoms with Gasteiger partial charge in [0.05, 0.1) is 54.0 Å². The Morgan fingerprint density at radius 2 is 1.90 bits per heavy atom. The van der Waals surface area contributed by atoms with Crippen molar-refractivity contribution in [1.82, 2.24) is 15.0 Å². The van der Waals surface area contributed by atoms with Crippen molar-refractivity contribution in [1.29, 1.82) is 0 Å². The maximum atomic E-state index is 12.0. The number of fused-ring (bicyclic) bond motifs is 1. The van der Waals surface area contributed by atoms with E-state index < -0.39 is 0 Å². The SMILES string of the molecule is C=CC(=O)Nc1cccc(C)c1Nc1ncc2cc(-c3c(Cl)c(OC)cc(OC)c3Cl)nc(NC3CCOC3)c2n1. The molecule has 1 atom stereocenters. The molecule has 0 saturated carbocycles. The van der Waals surface area contributed by atoms with E-state index in [-0.39, 0.29) is 11.9 Å². The van der Waals surface area contributed by atoms with Crippen molar-refractivity contribution in [3.63, 3.8) is 0 Å². The van der Waals surface area contributed by atoms with Crippen molar-refractivity contribution in [3.05, 3.63) is 64.8 Å². The van der Waals surface area contributed by atoms with Crippen LogP contribution in [-0.4, -0.2) is 54.3 Å². The maximum absolute atomic E-state index is 12.0. The van der Waals surface area contributed by atoms with E-state index in [0.29, 0.717) is 80.1 Å². The number of carbonyl (C=O) groups excluding carboxylic acids is 1. The van der Waals surface area contributed by atoms with E-state index in [1.54, 1.807) is 18.3 Å². The third-order valence-electron chi connectivity index (χ3n) is 6.62. The van der Waals surface area contributed by atoms with Crippen LogP contribution in [0.25, 0.3) is 22.2 Å². The molecule has 1 aliphatic heterocycles. The van der Waals surface area contributed by atoms with Gasteiger partial charge in [-0.3, -0.25) is 4.79 Å². The number of benzene rings is 2. The van der Waals surface area contributed by atoms with Gasteiger partial charge in [0.1, 0.15) is 17.0 Å². The van der Waals surface area contributed by atoms with E-state index in [0.717, 1.165) is 12.0 Å². The normalized spacial score (nSPS) is 14.5. The number of carbonyl (C=O) groups is 1. The third-order valence-corrected chi connectivity index (χ3v) is 7.37. The van der Waals surface area contributed by atoms with Gasteiger partial charge in [0.2, 0.25) is 11.9 Å². The number of methoxy groups -OCH3 is 2. The van der Waals surface area contributed by atoms with E-state index in [4.69, 9.17) is 47.4 Å². The van der Waals surface area contributed by atoms with E-state index in [2.05, 4.69) is 27.5 Å². The van der Waals surface area contributed by atoms with Gasteiger partial charge >= 0.3 is 0 Å². The molecule has 2 aromatic carbocycles. The number of halogens is 2. The van der Waals surface area contributed by atoms with Gasteiger partial charge in [-0.15, -0.1) is 0 Å². The lowest BCUT2D eigenvalue weighted by Gasteiger charge is -2.18. The highest BCUT2D eigenvalue weighted by atomic mass is 35.5. The van der Waals surface area contributed by atoms with Crippen molar-refractivity contribution >= 4 is 63.2 Å². The number of rotatable bonds is 9. The molecule has 0 aliphatic carbocycles. The number of pyridine rings is 1. The predicted octanol–water partition coefficient (Wildman–Crippen LogP) is 6.39. The average molecular weight is 595 g/mol. The number of hydrogen-bond acceptors (Lipinski definition) is 9. The highest BCUT2D eigenvalue weighted by Crippen LogP contribution is 2.46. The zero-order valence-corrected chi connectivity index (χ0v) is 24.2. The Hall–Kier alpha value is -4.12. The molecule has 212 valence electrons. The first-order valence-corrected chi connectivity index (χ1v) is 13.5. The summed E-state index contributed by atoms with van der Waals surface area (Å²) < 4.78 is 16.5. The van der Waals surface area contributed by atoms with E-state index in [9.17, 15) is 4.79 Å². The molecule has 0 bridgehead atoms. The molecule has 4 aromatic rings. The van der Waals surface area contributed by atoms with E-state index >= 15 is 0 Å². The summed E-state index contributed by atoms with van der Waals surface area (Å²) in [6.45, 7) is 6.63. The second-order valence-corrected chi connectivity index (χ2v) is 10.0. The highest BCUT2D eigenvalue weighted by molar-refractivity contribution is 6.41. The molecule has 12 heteroatoms. The van der Waals surface area contributed by atoms with Crippen LogP contribution in [0.1, 0.15) is 12.0 Å². The molecule has 3 heterocycles. The topological polar surface area (TPSA) is 120 Å². The minimum Gasteiger partial charge on any atom is -0.495 e. The van der Waals surface area contributed by atoms with Crippen molar-refractivity contribution in [3.8, 4) is 22.8 Å². The van der Waals surface area contributed by atoms with Crippen molar-refractivity contribution < 1.29 is 19.0 Å².